The highest BCUT2D eigenvalue weighted by Gasteiger charge is 2.05. The van der Waals surface area contributed by atoms with Crippen molar-refractivity contribution in [2.75, 3.05) is 11.9 Å². The van der Waals surface area contributed by atoms with Crippen molar-refractivity contribution in [2.24, 2.45) is 5.73 Å². The van der Waals surface area contributed by atoms with Crippen LogP contribution in [-0.2, 0) is 6.42 Å². The van der Waals surface area contributed by atoms with E-state index in [0.717, 1.165) is 12.0 Å². The number of amides is 1. The Morgan fingerprint density at radius 3 is 2.26 bits per heavy atom. The molecule has 2 aromatic rings. The van der Waals surface area contributed by atoms with Crippen molar-refractivity contribution in [3.8, 4) is 0 Å². The highest BCUT2D eigenvalue weighted by molar-refractivity contribution is 6.04. The molecule has 0 aliphatic carbocycles. The molecule has 0 saturated heterocycles. The van der Waals surface area contributed by atoms with Gasteiger partial charge in [-0.2, -0.15) is 0 Å². The molecule has 3 N–H and O–H groups in total. The van der Waals surface area contributed by atoms with Crippen LogP contribution in [0, 0.1) is 5.82 Å². The number of halogens is 1. The molecule has 0 aliphatic heterocycles. The maximum Gasteiger partial charge on any atom is 0.255 e. The van der Waals surface area contributed by atoms with Gasteiger partial charge in [-0.05, 0) is 54.9 Å². The largest absolute Gasteiger partial charge is 0.330 e. The first-order chi connectivity index (χ1) is 9.19. The van der Waals surface area contributed by atoms with Gasteiger partial charge in [0.25, 0.3) is 5.91 Å². The Hall–Kier alpha value is -2.20. The number of carbonyl (C=O) groups is 1. The van der Waals surface area contributed by atoms with E-state index in [9.17, 15) is 9.18 Å². The first-order valence-electron chi connectivity index (χ1n) is 6.05. The summed E-state index contributed by atoms with van der Waals surface area (Å²) in [5.74, 6) is -0.546. The summed E-state index contributed by atoms with van der Waals surface area (Å²) in [5.41, 5.74) is 7.69. The van der Waals surface area contributed by atoms with Crippen LogP contribution in [-0.4, -0.2) is 12.5 Å². The number of carbonyl (C=O) groups excluding carboxylic acids is 1. The summed E-state index contributed by atoms with van der Waals surface area (Å²) < 4.78 is 12.7. The van der Waals surface area contributed by atoms with Gasteiger partial charge in [0.2, 0.25) is 0 Å². The number of benzene rings is 2. The Balaban J connectivity index is 2.05. The van der Waals surface area contributed by atoms with E-state index in [1.807, 2.05) is 12.1 Å². The van der Waals surface area contributed by atoms with E-state index in [2.05, 4.69) is 5.32 Å². The molecule has 0 aromatic heterocycles. The smallest absolute Gasteiger partial charge is 0.255 e. The maximum atomic E-state index is 12.7. The molecule has 0 spiro atoms. The van der Waals surface area contributed by atoms with Crippen LogP contribution in [0.1, 0.15) is 15.9 Å². The molecule has 0 heterocycles. The topological polar surface area (TPSA) is 55.1 Å². The SMILES string of the molecule is NCCc1ccc(C(=O)Nc2ccc(F)cc2)cc1. The third-order valence-electron chi connectivity index (χ3n) is 2.75. The lowest BCUT2D eigenvalue weighted by Crippen LogP contribution is -2.12. The Labute approximate surface area is 111 Å². The van der Waals surface area contributed by atoms with Gasteiger partial charge in [-0.25, -0.2) is 4.39 Å². The fraction of sp³-hybridized carbons (Fsp3) is 0.133. The summed E-state index contributed by atoms with van der Waals surface area (Å²) >= 11 is 0. The Kier molecular flexibility index (Phi) is 4.26. The summed E-state index contributed by atoms with van der Waals surface area (Å²) in [4.78, 5) is 11.9. The molecule has 0 fully saturated rings. The van der Waals surface area contributed by atoms with Crippen molar-refractivity contribution in [3.05, 3.63) is 65.5 Å². The van der Waals surface area contributed by atoms with Crippen molar-refractivity contribution in [2.45, 2.75) is 6.42 Å². The lowest BCUT2D eigenvalue weighted by Gasteiger charge is -2.06. The summed E-state index contributed by atoms with van der Waals surface area (Å²) in [6, 6.07) is 12.9. The number of rotatable bonds is 4. The first kappa shape index (κ1) is 13.2. The second-order valence-electron chi connectivity index (χ2n) is 4.20. The normalized spacial score (nSPS) is 10.2. The summed E-state index contributed by atoms with van der Waals surface area (Å²) in [5, 5.41) is 2.71. The quantitative estimate of drug-likeness (QED) is 0.885. The molecule has 1 amide bonds. The zero-order valence-electron chi connectivity index (χ0n) is 10.4. The summed E-state index contributed by atoms with van der Waals surface area (Å²) in [6.07, 6.45) is 0.792. The average Bonchev–Trinajstić information content (AvgIpc) is 2.42. The molecule has 98 valence electrons. The van der Waals surface area contributed by atoms with E-state index in [-0.39, 0.29) is 11.7 Å². The number of hydrogen-bond donors (Lipinski definition) is 2. The zero-order chi connectivity index (χ0) is 13.7. The lowest BCUT2D eigenvalue weighted by molar-refractivity contribution is 0.102. The van der Waals surface area contributed by atoms with Gasteiger partial charge in [-0.3, -0.25) is 4.79 Å². The fourth-order valence-corrected chi connectivity index (χ4v) is 1.73. The van der Waals surface area contributed by atoms with Crippen molar-refractivity contribution < 1.29 is 9.18 Å². The first-order valence-corrected chi connectivity index (χ1v) is 6.05. The van der Waals surface area contributed by atoms with E-state index < -0.39 is 0 Å². The van der Waals surface area contributed by atoms with Crippen molar-refractivity contribution >= 4 is 11.6 Å². The molecule has 0 atom stereocenters. The molecular formula is C15H15FN2O. The van der Waals surface area contributed by atoms with E-state index in [1.165, 1.54) is 24.3 Å². The third-order valence-corrected chi connectivity index (χ3v) is 2.75. The van der Waals surface area contributed by atoms with E-state index in [1.54, 1.807) is 12.1 Å². The Bertz CT molecular complexity index is 549. The molecule has 2 aromatic carbocycles. The minimum Gasteiger partial charge on any atom is -0.330 e. The van der Waals surface area contributed by atoms with Crippen LogP contribution in [0.4, 0.5) is 10.1 Å². The maximum absolute atomic E-state index is 12.7. The van der Waals surface area contributed by atoms with Crippen molar-refractivity contribution in [1.82, 2.24) is 0 Å². The van der Waals surface area contributed by atoms with E-state index in [4.69, 9.17) is 5.73 Å². The fourth-order valence-electron chi connectivity index (χ4n) is 1.73. The second-order valence-corrected chi connectivity index (χ2v) is 4.20. The molecule has 0 saturated carbocycles. The van der Waals surface area contributed by atoms with Crippen LogP contribution in [0.15, 0.2) is 48.5 Å². The molecule has 3 nitrogen and oxygen atoms in total. The van der Waals surface area contributed by atoms with Crippen LogP contribution < -0.4 is 11.1 Å². The molecule has 2 rings (SSSR count). The minimum absolute atomic E-state index is 0.217. The van der Waals surface area contributed by atoms with Crippen LogP contribution in [0.25, 0.3) is 0 Å². The van der Waals surface area contributed by atoms with E-state index >= 15 is 0 Å². The highest BCUT2D eigenvalue weighted by atomic mass is 19.1. The van der Waals surface area contributed by atoms with Crippen LogP contribution >= 0.6 is 0 Å². The monoisotopic (exact) mass is 258 g/mol. The second kappa shape index (κ2) is 6.11. The zero-order valence-corrected chi connectivity index (χ0v) is 10.4. The standard InChI is InChI=1S/C15H15FN2O/c16-13-5-7-14(8-6-13)18-15(19)12-3-1-11(2-4-12)9-10-17/h1-8H,9-10,17H2,(H,18,19). The van der Waals surface area contributed by atoms with Crippen molar-refractivity contribution in [3.63, 3.8) is 0 Å². The van der Waals surface area contributed by atoms with Gasteiger partial charge in [-0.15, -0.1) is 0 Å². The van der Waals surface area contributed by atoms with E-state index in [0.29, 0.717) is 17.8 Å². The molecule has 0 radical (unpaired) electrons. The average molecular weight is 258 g/mol. The highest BCUT2D eigenvalue weighted by Crippen LogP contribution is 2.11. The molecule has 4 heteroatoms. The van der Waals surface area contributed by atoms with Gasteiger partial charge in [0.1, 0.15) is 5.82 Å². The van der Waals surface area contributed by atoms with Gasteiger partial charge in [0.05, 0.1) is 0 Å². The molecule has 0 unspecified atom stereocenters. The third kappa shape index (κ3) is 3.63. The number of nitrogens with two attached hydrogens (primary N) is 1. The number of nitrogens with one attached hydrogen (secondary N) is 1. The summed E-state index contributed by atoms with van der Waals surface area (Å²) in [7, 11) is 0. The molecular weight excluding hydrogens is 243 g/mol. The minimum atomic E-state index is -0.330. The predicted octanol–water partition coefficient (Wildman–Crippen LogP) is 2.58. The van der Waals surface area contributed by atoms with Crippen molar-refractivity contribution in [1.29, 1.82) is 0 Å². The number of hydrogen-bond acceptors (Lipinski definition) is 2. The van der Waals surface area contributed by atoms with Gasteiger partial charge in [-0.1, -0.05) is 12.1 Å². The summed E-state index contributed by atoms with van der Waals surface area (Å²) in [6.45, 7) is 0.584. The Morgan fingerprint density at radius 1 is 1.05 bits per heavy atom. The molecule has 0 bridgehead atoms. The van der Waals surface area contributed by atoms with Crippen LogP contribution in [0.2, 0.25) is 0 Å². The van der Waals surface area contributed by atoms with Gasteiger partial charge < -0.3 is 11.1 Å². The van der Waals surface area contributed by atoms with Gasteiger partial charge >= 0.3 is 0 Å². The lowest BCUT2D eigenvalue weighted by atomic mass is 10.1. The molecule has 0 aliphatic rings. The van der Waals surface area contributed by atoms with Gasteiger partial charge in [0.15, 0.2) is 0 Å². The molecule has 19 heavy (non-hydrogen) atoms. The number of anilines is 1. The predicted molar refractivity (Wildman–Crippen MR) is 73.6 cm³/mol. The Morgan fingerprint density at radius 2 is 1.68 bits per heavy atom. The van der Waals surface area contributed by atoms with Gasteiger partial charge in [0, 0.05) is 11.3 Å². The van der Waals surface area contributed by atoms with Crippen LogP contribution in [0.5, 0.6) is 0 Å². The van der Waals surface area contributed by atoms with Crippen LogP contribution in [0.3, 0.4) is 0 Å².